The first kappa shape index (κ1) is 15.9. The number of hydrogen-bond acceptors (Lipinski definition) is 4. The summed E-state index contributed by atoms with van der Waals surface area (Å²) in [6.07, 6.45) is 3.48. The topological polar surface area (TPSA) is 77.8 Å². The van der Waals surface area contributed by atoms with Crippen molar-refractivity contribution in [3.05, 3.63) is 60.2 Å². The van der Waals surface area contributed by atoms with Crippen molar-refractivity contribution in [1.82, 2.24) is 9.97 Å². The van der Waals surface area contributed by atoms with Gasteiger partial charge in [-0.05, 0) is 24.3 Å². The molecule has 0 atom stereocenters. The van der Waals surface area contributed by atoms with Crippen molar-refractivity contribution in [2.75, 3.05) is 0 Å². The van der Waals surface area contributed by atoms with Crippen LogP contribution in [0.15, 0.2) is 48.8 Å². The third kappa shape index (κ3) is 6.93. The molecular formula is C12H16N4Re. The molecule has 4 nitrogen and oxygen atoms in total. The van der Waals surface area contributed by atoms with Gasteiger partial charge in [0.05, 0.1) is 11.4 Å². The van der Waals surface area contributed by atoms with Crippen molar-refractivity contribution in [2.45, 2.75) is 13.1 Å². The van der Waals surface area contributed by atoms with Crippen molar-refractivity contribution in [1.29, 1.82) is 0 Å². The van der Waals surface area contributed by atoms with Crippen molar-refractivity contribution >= 4 is 0 Å². The molecule has 2 heterocycles. The van der Waals surface area contributed by atoms with E-state index in [0.717, 1.165) is 11.4 Å². The molecule has 91 valence electrons. The Hall–Kier alpha value is -1.12. The molecule has 1 radical (unpaired) electrons. The summed E-state index contributed by atoms with van der Waals surface area (Å²) < 4.78 is 0. The van der Waals surface area contributed by atoms with Gasteiger partial charge < -0.3 is 11.5 Å². The van der Waals surface area contributed by atoms with Crippen molar-refractivity contribution < 1.29 is 20.4 Å². The first-order valence-corrected chi connectivity index (χ1v) is 5.06. The minimum Gasteiger partial charge on any atom is -0.325 e. The average Bonchev–Trinajstić information content (AvgIpc) is 2.41. The summed E-state index contributed by atoms with van der Waals surface area (Å²) in [5, 5.41) is 0. The second kappa shape index (κ2) is 10.1. The van der Waals surface area contributed by atoms with Gasteiger partial charge in [-0.25, -0.2) is 0 Å². The molecule has 0 fully saturated rings. The molecule has 0 aromatic carbocycles. The van der Waals surface area contributed by atoms with Crippen LogP contribution in [0.2, 0.25) is 0 Å². The minimum atomic E-state index is 0. The maximum absolute atomic E-state index is 5.29. The molecule has 17 heavy (non-hydrogen) atoms. The molecule has 0 aliphatic rings. The number of aromatic nitrogens is 2. The van der Waals surface area contributed by atoms with Crippen molar-refractivity contribution in [3.63, 3.8) is 0 Å². The van der Waals surface area contributed by atoms with Crippen LogP contribution in [0, 0.1) is 0 Å². The van der Waals surface area contributed by atoms with Crippen molar-refractivity contribution in [2.24, 2.45) is 11.5 Å². The molecule has 2 aromatic rings. The third-order valence-corrected chi connectivity index (χ3v) is 1.87. The van der Waals surface area contributed by atoms with E-state index >= 15 is 0 Å². The Balaban J connectivity index is 0.000000284. The first-order valence-electron chi connectivity index (χ1n) is 5.06. The number of nitrogens with two attached hydrogens (primary N) is 2. The molecule has 5 heteroatoms. The summed E-state index contributed by atoms with van der Waals surface area (Å²) >= 11 is 0. The van der Waals surface area contributed by atoms with E-state index in [9.17, 15) is 0 Å². The van der Waals surface area contributed by atoms with Gasteiger partial charge in [-0.1, -0.05) is 12.1 Å². The van der Waals surface area contributed by atoms with Crippen LogP contribution in [-0.4, -0.2) is 9.97 Å². The molecule has 0 aliphatic carbocycles. The van der Waals surface area contributed by atoms with Gasteiger partial charge in [0.1, 0.15) is 0 Å². The Kier molecular flexibility index (Phi) is 9.40. The average molecular weight is 402 g/mol. The standard InChI is InChI=1S/2C6H8N2.Re/c2*7-5-6-3-1-2-4-8-6;/h2*1-4H,5,7H2;. The molecule has 0 saturated carbocycles. The zero-order valence-electron chi connectivity index (χ0n) is 9.46. The molecule has 0 unspecified atom stereocenters. The van der Waals surface area contributed by atoms with Gasteiger partial charge in [0.2, 0.25) is 0 Å². The van der Waals surface area contributed by atoms with Crippen LogP contribution in [0.3, 0.4) is 0 Å². The molecule has 2 aromatic heterocycles. The van der Waals surface area contributed by atoms with Gasteiger partial charge >= 0.3 is 0 Å². The van der Waals surface area contributed by atoms with E-state index in [4.69, 9.17) is 11.5 Å². The minimum absolute atomic E-state index is 0. The Morgan fingerprint density at radius 1 is 0.765 bits per heavy atom. The van der Waals surface area contributed by atoms with Crippen LogP contribution in [0.5, 0.6) is 0 Å². The number of hydrogen-bond donors (Lipinski definition) is 2. The molecule has 0 saturated heterocycles. The largest absolute Gasteiger partial charge is 0.325 e. The summed E-state index contributed by atoms with van der Waals surface area (Å²) in [6, 6.07) is 11.4. The van der Waals surface area contributed by atoms with E-state index in [-0.39, 0.29) is 20.4 Å². The van der Waals surface area contributed by atoms with E-state index in [0.29, 0.717) is 13.1 Å². The smallest absolute Gasteiger partial charge is 0.0539 e. The predicted molar refractivity (Wildman–Crippen MR) is 64.3 cm³/mol. The molecule has 0 amide bonds. The van der Waals surface area contributed by atoms with Gasteiger partial charge in [-0.15, -0.1) is 0 Å². The summed E-state index contributed by atoms with van der Waals surface area (Å²) in [7, 11) is 0. The third-order valence-electron chi connectivity index (χ3n) is 1.87. The molecule has 0 aliphatic heterocycles. The van der Waals surface area contributed by atoms with E-state index < -0.39 is 0 Å². The van der Waals surface area contributed by atoms with Crippen LogP contribution in [-0.2, 0) is 33.5 Å². The van der Waals surface area contributed by atoms with Crippen molar-refractivity contribution in [3.8, 4) is 0 Å². The number of rotatable bonds is 2. The second-order valence-electron chi connectivity index (χ2n) is 3.05. The van der Waals surface area contributed by atoms with Gasteiger partial charge in [0, 0.05) is 45.9 Å². The van der Waals surface area contributed by atoms with Crippen LogP contribution < -0.4 is 11.5 Å². The fourth-order valence-corrected chi connectivity index (χ4v) is 1.04. The summed E-state index contributed by atoms with van der Waals surface area (Å²) in [4.78, 5) is 7.94. The fraction of sp³-hybridized carbons (Fsp3) is 0.167. The maximum atomic E-state index is 5.29. The van der Waals surface area contributed by atoms with E-state index in [1.807, 2.05) is 36.4 Å². The van der Waals surface area contributed by atoms with Gasteiger partial charge in [0.25, 0.3) is 0 Å². The van der Waals surface area contributed by atoms with Crippen LogP contribution in [0.4, 0.5) is 0 Å². The van der Waals surface area contributed by atoms with E-state index in [2.05, 4.69) is 9.97 Å². The maximum Gasteiger partial charge on any atom is 0.0539 e. The molecule has 4 N–H and O–H groups in total. The predicted octanol–water partition coefficient (Wildman–Crippen LogP) is 1.08. The Morgan fingerprint density at radius 3 is 1.35 bits per heavy atom. The summed E-state index contributed by atoms with van der Waals surface area (Å²) in [5.41, 5.74) is 12.4. The monoisotopic (exact) mass is 403 g/mol. The van der Waals surface area contributed by atoms with Gasteiger partial charge in [0.15, 0.2) is 0 Å². The first-order chi connectivity index (χ1) is 7.86. The molecular weight excluding hydrogens is 386 g/mol. The zero-order valence-corrected chi connectivity index (χ0v) is 12.2. The van der Waals surface area contributed by atoms with Crippen LogP contribution in [0.25, 0.3) is 0 Å². The Labute approximate surface area is 115 Å². The second-order valence-corrected chi connectivity index (χ2v) is 3.05. The molecule has 2 rings (SSSR count). The molecule has 0 spiro atoms. The summed E-state index contributed by atoms with van der Waals surface area (Å²) in [6.45, 7) is 1.06. The van der Waals surface area contributed by atoms with E-state index in [1.165, 1.54) is 0 Å². The quantitative estimate of drug-likeness (QED) is 0.788. The normalized spacial score (nSPS) is 8.59. The zero-order chi connectivity index (χ0) is 11.6. The van der Waals surface area contributed by atoms with E-state index in [1.54, 1.807) is 12.4 Å². The molecule has 0 bridgehead atoms. The number of nitrogens with zero attached hydrogens (tertiary/aromatic N) is 2. The SMILES string of the molecule is NCc1ccccn1.NCc1ccccn1.[Re]. The van der Waals surface area contributed by atoms with Crippen LogP contribution >= 0.6 is 0 Å². The summed E-state index contributed by atoms with van der Waals surface area (Å²) in [5.74, 6) is 0. The van der Waals surface area contributed by atoms with Gasteiger partial charge in [-0.3, -0.25) is 9.97 Å². The Morgan fingerprint density at radius 2 is 1.18 bits per heavy atom. The fourth-order valence-electron chi connectivity index (χ4n) is 1.04. The Bertz CT molecular complexity index is 341. The van der Waals surface area contributed by atoms with Crippen LogP contribution in [0.1, 0.15) is 11.4 Å². The number of pyridine rings is 2. The van der Waals surface area contributed by atoms with Gasteiger partial charge in [-0.2, -0.15) is 0 Å².